The van der Waals surface area contributed by atoms with Crippen LogP contribution in [0.25, 0.3) is 0 Å². The minimum Gasteiger partial charge on any atom is -0.482 e. The van der Waals surface area contributed by atoms with E-state index in [2.05, 4.69) is 4.74 Å². The van der Waals surface area contributed by atoms with Crippen molar-refractivity contribution in [1.82, 2.24) is 0 Å². The Morgan fingerprint density at radius 3 is 2.55 bits per heavy atom. The summed E-state index contributed by atoms with van der Waals surface area (Å²) >= 11 is 5.93. The van der Waals surface area contributed by atoms with Crippen LogP contribution in [0.2, 0.25) is 0 Å². The van der Waals surface area contributed by atoms with Crippen LogP contribution in [0.4, 0.5) is 0 Å². The fourth-order valence-electron chi connectivity index (χ4n) is 0.260. The van der Waals surface area contributed by atoms with Crippen molar-refractivity contribution in [2.75, 3.05) is 26.4 Å². The van der Waals surface area contributed by atoms with Gasteiger partial charge in [-0.25, -0.2) is 0 Å². The summed E-state index contributed by atoms with van der Waals surface area (Å²) in [6, 6.07) is 0. The Hall–Kier alpha value is 0.430. The van der Waals surface area contributed by atoms with Crippen molar-refractivity contribution in [3.63, 3.8) is 0 Å². The van der Waals surface area contributed by atoms with Crippen molar-refractivity contribution in [2.24, 2.45) is 0 Å². The summed E-state index contributed by atoms with van der Waals surface area (Å²) < 4.78 is 21.0. The average Bonchev–Trinajstić information content (AvgIpc) is 1.85. The molecule has 0 saturated heterocycles. The molecule has 0 atom stereocenters. The molecule has 0 amide bonds. The van der Waals surface area contributed by atoms with E-state index in [1.165, 1.54) is 18.9 Å². The molecule has 0 aliphatic rings. The van der Waals surface area contributed by atoms with Crippen molar-refractivity contribution in [3.05, 3.63) is 0 Å². The summed E-state index contributed by atoms with van der Waals surface area (Å²) in [5.41, 5.74) is 0. The lowest BCUT2D eigenvalue weighted by atomic mass is 11.5. The molecule has 66 valence electrons. The van der Waals surface area contributed by atoms with Crippen LogP contribution in [-0.2, 0) is 13.8 Å². The van der Waals surface area contributed by atoms with Gasteiger partial charge < -0.3 is 9.26 Å². The third-order valence-corrected chi connectivity index (χ3v) is 2.79. The molecule has 0 aromatic carbocycles. The summed E-state index contributed by atoms with van der Waals surface area (Å²) in [4.78, 5) is 0. The molecule has 0 bridgehead atoms. The summed E-state index contributed by atoms with van der Waals surface area (Å²) in [7, 11) is -0.876. The highest BCUT2D eigenvalue weighted by Gasteiger charge is 2.07. The SMILES string of the molecule is COC(=S)SCOP(C)(C)=O. The Morgan fingerprint density at radius 1 is 1.64 bits per heavy atom. The minimum atomic E-state index is -2.37. The highest BCUT2D eigenvalue weighted by atomic mass is 32.2. The van der Waals surface area contributed by atoms with Crippen LogP contribution in [0.5, 0.6) is 0 Å². The zero-order valence-corrected chi connectivity index (χ0v) is 9.22. The van der Waals surface area contributed by atoms with E-state index in [9.17, 15) is 4.57 Å². The third kappa shape index (κ3) is 8.34. The predicted octanol–water partition coefficient (Wildman–Crippen LogP) is 2.16. The van der Waals surface area contributed by atoms with Crippen LogP contribution in [0.1, 0.15) is 0 Å². The number of rotatable bonds is 3. The van der Waals surface area contributed by atoms with E-state index in [0.29, 0.717) is 4.38 Å². The first kappa shape index (κ1) is 11.4. The molecule has 0 aliphatic carbocycles. The Balaban J connectivity index is 3.43. The lowest BCUT2D eigenvalue weighted by Crippen LogP contribution is -1.94. The van der Waals surface area contributed by atoms with Crippen LogP contribution in [0.3, 0.4) is 0 Å². The van der Waals surface area contributed by atoms with Gasteiger partial charge in [-0.3, -0.25) is 4.57 Å². The molecule has 11 heavy (non-hydrogen) atoms. The molecule has 0 aromatic rings. The number of hydrogen-bond acceptors (Lipinski definition) is 5. The van der Waals surface area contributed by atoms with E-state index < -0.39 is 7.37 Å². The lowest BCUT2D eigenvalue weighted by Gasteiger charge is -2.06. The molecule has 0 unspecified atom stereocenters. The molecule has 0 aliphatic heterocycles. The zero-order valence-electron chi connectivity index (χ0n) is 6.70. The van der Waals surface area contributed by atoms with Gasteiger partial charge in [-0.15, -0.1) is 0 Å². The molecule has 0 radical (unpaired) electrons. The van der Waals surface area contributed by atoms with Gasteiger partial charge in [0, 0.05) is 13.3 Å². The Kier molecular flexibility index (Phi) is 5.34. The number of thiocarbonyl (C=S) groups is 1. The number of ether oxygens (including phenoxy) is 1. The first-order chi connectivity index (χ1) is 4.95. The van der Waals surface area contributed by atoms with Crippen molar-refractivity contribution < 1.29 is 13.8 Å². The maximum absolute atomic E-state index is 11.0. The van der Waals surface area contributed by atoms with Gasteiger partial charge in [-0.2, -0.15) is 0 Å². The number of hydrogen-bond donors (Lipinski definition) is 0. The van der Waals surface area contributed by atoms with E-state index >= 15 is 0 Å². The molecule has 6 heteroatoms. The van der Waals surface area contributed by atoms with Gasteiger partial charge in [0.1, 0.15) is 5.94 Å². The lowest BCUT2D eigenvalue weighted by molar-refractivity contribution is 0.385. The molecular formula is C5H11O3PS2. The van der Waals surface area contributed by atoms with E-state index in [-0.39, 0.29) is 5.94 Å². The Labute approximate surface area is 76.3 Å². The topological polar surface area (TPSA) is 35.5 Å². The zero-order chi connectivity index (χ0) is 8.91. The molecule has 0 N–H and O–H groups in total. The summed E-state index contributed by atoms with van der Waals surface area (Å²) in [6.45, 7) is 3.12. The quantitative estimate of drug-likeness (QED) is 0.408. The predicted molar refractivity (Wildman–Crippen MR) is 52.6 cm³/mol. The first-order valence-electron chi connectivity index (χ1n) is 2.86. The van der Waals surface area contributed by atoms with Crippen LogP contribution >= 0.6 is 31.3 Å². The number of thioether (sulfide) groups is 1. The molecular weight excluding hydrogens is 203 g/mol. The van der Waals surface area contributed by atoms with Gasteiger partial charge in [-0.1, -0.05) is 0 Å². The molecule has 0 aromatic heterocycles. The maximum Gasteiger partial charge on any atom is 0.221 e. The highest BCUT2D eigenvalue weighted by molar-refractivity contribution is 8.22. The molecule has 3 nitrogen and oxygen atoms in total. The van der Waals surface area contributed by atoms with Crippen molar-refractivity contribution >= 4 is 35.7 Å². The van der Waals surface area contributed by atoms with E-state index in [1.54, 1.807) is 13.3 Å². The van der Waals surface area contributed by atoms with Crippen LogP contribution in [0.15, 0.2) is 0 Å². The average molecular weight is 214 g/mol. The Morgan fingerprint density at radius 2 is 2.18 bits per heavy atom. The summed E-state index contributed by atoms with van der Waals surface area (Å²) in [6.07, 6.45) is 0. The van der Waals surface area contributed by atoms with Gasteiger partial charge in [0.15, 0.2) is 7.37 Å². The van der Waals surface area contributed by atoms with Gasteiger partial charge >= 0.3 is 0 Å². The van der Waals surface area contributed by atoms with Crippen molar-refractivity contribution in [2.45, 2.75) is 0 Å². The third-order valence-electron chi connectivity index (χ3n) is 0.707. The first-order valence-corrected chi connectivity index (χ1v) is 6.77. The molecule has 0 saturated carbocycles. The van der Waals surface area contributed by atoms with Gasteiger partial charge in [0.05, 0.1) is 7.11 Å². The molecule has 0 heterocycles. The molecule has 0 fully saturated rings. The van der Waals surface area contributed by atoms with Gasteiger partial charge in [0.2, 0.25) is 4.38 Å². The fourth-order valence-corrected chi connectivity index (χ4v) is 1.84. The fraction of sp³-hybridized carbons (Fsp3) is 0.800. The second-order valence-electron chi connectivity index (χ2n) is 2.10. The monoisotopic (exact) mass is 214 g/mol. The summed E-state index contributed by atoms with van der Waals surface area (Å²) in [5.74, 6) is 0.289. The smallest absolute Gasteiger partial charge is 0.221 e. The van der Waals surface area contributed by atoms with E-state index in [0.717, 1.165) is 0 Å². The second kappa shape index (κ2) is 5.14. The largest absolute Gasteiger partial charge is 0.482 e. The van der Waals surface area contributed by atoms with Crippen LogP contribution < -0.4 is 0 Å². The van der Waals surface area contributed by atoms with Crippen LogP contribution in [0, 0.1) is 0 Å². The Bertz CT molecular complexity index is 177. The second-order valence-corrected chi connectivity index (χ2v) is 6.38. The van der Waals surface area contributed by atoms with Gasteiger partial charge in [-0.05, 0) is 24.0 Å². The normalized spacial score (nSPS) is 11.2. The highest BCUT2D eigenvalue weighted by Crippen LogP contribution is 2.38. The summed E-state index contributed by atoms with van der Waals surface area (Å²) in [5, 5.41) is 0. The molecule has 0 rings (SSSR count). The number of methoxy groups -OCH3 is 1. The minimum absolute atomic E-state index is 0.289. The van der Waals surface area contributed by atoms with Crippen LogP contribution in [-0.4, -0.2) is 30.8 Å². The van der Waals surface area contributed by atoms with Crippen molar-refractivity contribution in [1.29, 1.82) is 0 Å². The van der Waals surface area contributed by atoms with E-state index in [4.69, 9.17) is 16.7 Å². The molecule has 0 spiro atoms. The van der Waals surface area contributed by atoms with Gasteiger partial charge in [0.25, 0.3) is 0 Å². The standard InChI is InChI=1S/C5H11O3PS2/c1-7-5(10)11-4-8-9(2,3)6/h4H2,1-3H3. The van der Waals surface area contributed by atoms with E-state index in [1.807, 2.05) is 0 Å². The maximum atomic E-state index is 11.0. The van der Waals surface area contributed by atoms with Crippen molar-refractivity contribution in [3.8, 4) is 0 Å².